The zero-order valence-corrected chi connectivity index (χ0v) is 10.5. The van der Waals surface area contributed by atoms with E-state index in [2.05, 4.69) is 4.99 Å². The molecule has 0 amide bonds. The number of carboxylic acid groups (broad SMARTS) is 1. The lowest BCUT2D eigenvalue weighted by molar-refractivity contribution is -0.142. The van der Waals surface area contributed by atoms with Crippen molar-refractivity contribution in [3.63, 3.8) is 0 Å². The molecule has 5 nitrogen and oxygen atoms in total. The third-order valence-corrected chi connectivity index (χ3v) is 2.44. The lowest BCUT2D eigenvalue weighted by Crippen LogP contribution is -2.44. The summed E-state index contributed by atoms with van der Waals surface area (Å²) in [5.74, 6) is -1.18. The molecule has 0 rings (SSSR count). The number of nitrogens with zero attached hydrogens (tertiary/aromatic N) is 1. The number of carboxylic acids is 1. The molecule has 0 aliphatic heterocycles. The molecule has 0 aromatic rings. The van der Waals surface area contributed by atoms with Crippen LogP contribution in [0.4, 0.5) is 4.39 Å². The first-order valence-corrected chi connectivity index (χ1v) is 5.29. The van der Waals surface area contributed by atoms with Gasteiger partial charge in [0.1, 0.15) is 11.4 Å². The summed E-state index contributed by atoms with van der Waals surface area (Å²) in [6.45, 7) is 4.46. The normalized spacial score (nSPS) is 17.4. The molecule has 0 aliphatic rings. The van der Waals surface area contributed by atoms with E-state index >= 15 is 0 Å². The quantitative estimate of drug-likeness (QED) is 0.483. The highest BCUT2D eigenvalue weighted by atomic mass is 19.1. The van der Waals surface area contributed by atoms with Gasteiger partial charge >= 0.3 is 5.97 Å². The number of hydrogen-bond donors (Lipinski definition) is 3. The Bertz CT molecular complexity index is 345. The van der Waals surface area contributed by atoms with E-state index in [-0.39, 0.29) is 19.4 Å². The fraction of sp³-hybridized carbons (Fsp3) is 0.636. The number of halogens is 1. The largest absolute Gasteiger partial charge is 0.480 e. The van der Waals surface area contributed by atoms with E-state index in [4.69, 9.17) is 16.6 Å². The third kappa shape index (κ3) is 6.01. The van der Waals surface area contributed by atoms with E-state index in [0.29, 0.717) is 11.4 Å². The maximum atomic E-state index is 13.5. The number of aliphatic carboxylic acids is 1. The number of allylic oxidation sites excluding steroid dienone is 1. The molecule has 0 spiro atoms. The second kappa shape index (κ2) is 6.34. The Kier molecular flexibility index (Phi) is 5.81. The van der Waals surface area contributed by atoms with E-state index in [1.165, 1.54) is 6.92 Å². The van der Waals surface area contributed by atoms with Crippen LogP contribution in [0.1, 0.15) is 33.6 Å². The van der Waals surface area contributed by atoms with Crippen LogP contribution >= 0.6 is 0 Å². The summed E-state index contributed by atoms with van der Waals surface area (Å²) in [6, 6.07) is 0. The fourth-order valence-corrected chi connectivity index (χ4v) is 1.02. The van der Waals surface area contributed by atoms with E-state index in [9.17, 15) is 9.18 Å². The van der Waals surface area contributed by atoms with Gasteiger partial charge in [0.2, 0.25) is 0 Å². The Morgan fingerprint density at radius 3 is 2.41 bits per heavy atom. The molecule has 0 fully saturated rings. The van der Waals surface area contributed by atoms with Crippen LogP contribution in [-0.2, 0) is 4.79 Å². The number of aliphatic imine (C=N–C) groups is 1. The van der Waals surface area contributed by atoms with Crippen molar-refractivity contribution >= 4 is 11.8 Å². The van der Waals surface area contributed by atoms with E-state index < -0.39 is 17.3 Å². The van der Waals surface area contributed by atoms with Gasteiger partial charge in [0, 0.05) is 0 Å². The molecule has 0 unspecified atom stereocenters. The smallest absolute Gasteiger partial charge is 0.323 e. The minimum atomic E-state index is -1.34. The van der Waals surface area contributed by atoms with Crippen LogP contribution in [0.2, 0.25) is 0 Å². The van der Waals surface area contributed by atoms with Gasteiger partial charge in [-0.15, -0.1) is 0 Å². The average Bonchev–Trinajstić information content (AvgIpc) is 2.22. The molecule has 0 aromatic heterocycles. The van der Waals surface area contributed by atoms with E-state index in [0.717, 1.165) is 0 Å². The number of rotatable bonds is 6. The van der Waals surface area contributed by atoms with Crippen LogP contribution < -0.4 is 11.5 Å². The lowest BCUT2D eigenvalue weighted by atomic mass is 9.94. The van der Waals surface area contributed by atoms with Crippen LogP contribution in [0.25, 0.3) is 0 Å². The molecule has 17 heavy (non-hydrogen) atoms. The van der Waals surface area contributed by atoms with E-state index in [1.807, 2.05) is 0 Å². The van der Waals surface area contributed by atoms with Crippen LogP contribution in [0.15, 0.2) is 16.4 Å². The summed E-state index contributed by atoms with van der Waals surface area (Å²) in [4.78, 5) is 14.5. The maximum Gasteiger partial charge on any atom is 0.323 e. The minimum Gasteiger partial charge on any atom is -0.480 e. The van der Waals surface area contributed by atoms with Crippen molar-refractivity contribution in [2.45, 2.75) is 39.2 Å². The van der Waals surface area contributed by atoms with Gasteiger partial charge < -0.3 is 16.6 Å². The predicted molar refractivity (Wildman–Crippen MR) is 65.4 cm³/mol. The number of amidine groups is 1. The Morgan fingerprint density at radius 2 is 2.00 bits per heavy atom. The Morgan fingerprint density at radius 1 is 1.47 bits per heavy atom. The van der Waals surface area contributed by atoms with Crippen molar-refractivity contribution in [2.24, 2.45) is 16.5 Å². The topological polar surface area (TPSA) is 102 Å². The predicted octanol–water partition coefficient (Wildman–Crippen LogP) is 1.19. The number of nitrogens with two attached hydrogens (primary N) is 2. The van der Waals surface area contributed by atoms with Crippen molar-refractivity contribution in [1.82, 2.24) is 0 Å². The zero-order chi connectivity index (χ0) is 13.6. The Labute approximate surface area is 100 Å². The van der Waals surface area contributed by atoms with Gasteiger partial charge in [-0.2, -0.15) is 0 Å². The molecule has 5 N–H and O–H groups in total. The molecule has 98 valence electrons. The molecule has 0 heterocycles. The lowest BCUT2D eigenvalue weighted by Gasteiger charge is -2.19. The van der Waals surface area contributed by atoms with Crippen molar-refractivity contribution in [3.8, 4) is 0 Å². The molecule has 0 aromatic carbocycles. The Hall–Kier alpha value is -1.43. The summed E-state index contributed by atoms with van der Waals surface area (Å²) in [6.07, 6.45) is 0.456. The van der Waals surface area contributed by atoms with Gasteiger partial charge in [-0.25, -0.2) is 4.39 Å². The highest BCUT2D eigenvalue weighted by Crippen LogP contribution is 2.18. The van der Waals surface area contributed by atoms with Gasteiger partial charge in [0.15, 0.2) is 0 Å². The Balaban J connectivity index is 4.43. The van der Waals surface area contributed by atoms with Crippen molar-refractivity contribution in [1.29, 1.82) is 0 Å². The maximum absolute atomic E-state index is 13.5. The molecule has 6 heteroatoms. The highest BCUT2D eigenvalue weighted by Gasteiger charge is 2.27. The molecular weight excluding hydrogens is 225 g/mol. The summed E-state index contributed by atoms with van der Waals surface area (Å²) < 4.78 is 13.5. The number of carbonyl (C=O) groups is 1. The van der Waals surface area contributed by atoms with Gasteiger partial charge in [-0.3, -0.25) is 9.79 Å². The van der Waals surface area contributed by atoms with Crippen LogP contribution in [0, 0.1) is 0 Å². The fourth-order valence-electron chi connectivity index (χ4n) is 1.02. The first-order chi connectivity index (χ1) is 7.66. The minimum absolute atomic E-state index is 0.109. The molecule has 1 atom stereocenters. The van der Waals surface area contributed by atoms with Crippen molar-refractivity contribution in [2.75, 3.05) is 6.54 Å². The second-order valence-electron chi connectivity index (χ2n) is 4.37. The first-order valence-electron chi connectivity index (χ1n) is 5.29. The molecule has 0 radical (unpaired) electrons. The van der Waals surface area contributed by atoms with Gasteiger partial charge in [0.05, 0.1) is 12.4 Å². The summed E-state index contributed by atoms with van der Waals surface area (Å²) in [5.41, 5.74) is 9.94. The van der Waals surface area contributed by atoms with Crippen LogP contribution in [-0.4, -0.2) is 29.0 Å². The SMILES string of the molecule is CC(N)=NCC(F)=C(C)CC[C@](C)(N)C(=O)O. The summed E-state index contributed by atoms with van der Waals surface area (Å²) >= 11 is 0. The van der Waals surface area contributed by atoms with Gasteiger partial charge in [-0.1, -0.05) is 0 Å². The van der Waals surface area contributed by atoms with Crippen LogP contribution in [0.3, 0.4) is 0 Å². The average molecular weight is 245 g/mol. The van der Waals surface area contributed by atoms with E-state index in [1.54, 1.807) is 13.8 Å². The third-order valence-electron chi connectivity index (χ3n) is 2.44. The standard InChI is InChI=1S/C11H20FN3O2/c1-7(9(12)6-15-8(2)13)4-5-11(3,14)10(16)17/h4-6,14H2,1-3H3,(H2,13,15)(H,16,17)/t11-/m0/s1. The second-order valence-corrected chi connectivity index (χ2v) is 4.37. The monoisotopic (exact) mass is 245 g/mol. The summed E-state index contributed by atoms with van der Waals surface area (Å²) in [7, 11) is 0. The molecule has 0 aliphatic carbocycles. The molecular formula is C11H20FN3O2. The highest BCUT2D eigenvalue weighted by molar-refractivity contribution is 5.78. The van der Waals surface area contributed by atoms with Crippen molar-refractivity contribution in [3.05, 3.63) is 11.4 Å². The zero-order valence-electron chi connectivity index (χ0n) is 10.5. The van der Waals surface area contributed by atoms with Gasteiger partial charge in [-0.05, 0) is 39.2 Å². The molecule has 0 saturated carbocycles. The van der Waals surface area contributed by atoms with Crippen molar-refractivity contribution < 1.29 is 14.3 Å². The summed E-state index contributed by atoms with van der Waals surface area (Å²) in [5, 5.41) is 8.80. The molecule has 0 saturated heterocycles. The number of hydrogen-bond acceptors (Lipinski definition) is 3. The first kappa shape index (κ1) is 15.6. The van der Waals surface area contributed by atoms with Gasteiger partial charge in [0.25, 0.3) is 0 Å². The van der Waals surface area contributed by atoms with Crippen LogP contribution in [0.5, 0.6) is 0 Å². The molecule has 0 bridgehead atoms.